The third-order valence-electron chi connectivity index (χ3n) is 4.85. The summed E-state index contributed by atoms with van der Waals surface area (Å²) in [4.78, 5) is 11.7. The van der Waals surface area contributed by atoms with Gasteiger partial charge in [0.2, 0.25) is 0 Å². The minimum atomic E-state index is -0.00432. The minimum absolute atomic E-state index is 0.00432. The lowest BCUT2D eigenvalue weighted by atomic mass is 9.87. The van der Waals surface area contributed by atoms with E-state index >= 15 is 0 Å². The fourth-order valence-corrected chi connectivity index (χ4v) is 3.75. The number of nitrogens with one attached hydrogen (secondary N) is 2. The molecule has 1 fully saturated rings. The Morgan fingerprint density at radius 1 is 1.24 bits per heavy atom. The zero-order valence-corrected chi connectivity index (χ0v) is 12.8. The highest BCUT2D eigenvalue weighted by atomic mass is 16.1. The van der Waals surface area contributed by atoms with Gasteiger partial charge in [-0.1, -0.05) is 12.2 Å². The molecule has 2 aliphatic rings. The molecule has 0 aliphatic heterocycles. The van der Waals surface area contributed by atoms with Crippen molar-refractivity contribution in [3.63, 3.8) is 0 Å². The number of anilines is 1. The molecule has 3 heteroatoms. The largest absolute Gasteiger partial charge is 0.382 e. The molecule has 2 N–H and O–H groups in total. The average Bonchev–Trinajstić information content (AvgIpc) is 3.11. The standard InChI is InChI=1S/C18H24N2O/c1-3-19-18(21)14-6-8-16(9-7-14)20-12(2)17-11-13-4-5-15(17)10-13/h4-9,12-13,15,17,20H,3,10-11H2,1-2H3,(H,19,21). The third kappa shape index (κ3) is 2.97. The van der Waals surface area contributed by atoms with Crippen molar-refractivity contribution < 1.29 is 4.79 Å². The molecule has 21 heavy (non-hydrogen) atoms. The van der Waals surface area contributed by atoms with Crippen molar-refractivity contribution in [2.75, 3.05) is 11.9 Å². The Morgan fingerprint density at radius 3 is 2.57 bits per heavy atom. The van der Waals surface area contributed by atoms with Gasteiger partial charge < -0.3 is 10.6 Å². The van der Waals surface area contributed by atoms with Crippen molar-refractivity contribution in [1.82, 2.24) is 5.32 Å². The number of amides is 1. The summed E-state index contributed by atoms with van der Waals surface area (Å²) in [7, 11) is 0. The first-order valence-electron chi connectivity index (χ1n) is 8.00. The highest BCUT2D eigenvalue weighted by molar-refractivity contribution is 5.94. The molecule has 2 aliphatic carbocycles. The molecule has 1 aromatic rings. The fraction of sp³-hybridized carbons (Fsp3) is 0.500. The van der Waals surface area contributed by atoms with Crippen LogP contribution in [0.1, 0.15) is 37.0 Å². The molecule has 0 saturated heterocycles. The minimum Gasteiger partial charge on any atom is -0.382 e. The van der Waals surface area contributed by atoms with Crippen LogP contribution in [0.25, 0.3) is 0 Å². The number of hydrogen-bond donors (Lipinski definition) is 2. The molecule has 3 nitrogen and oxygen atoms in total. The van der Waals surface area contributed by atoms with Gasteiger partial charge in [-0.3, -0.25) is 4.79 Å². The first-order valence-corrected chi connectivity index (χ1v) is 8.00. The molecule has 3 rings (SSSR count). The van der Waals surface area contributed by atoms with Crippen LogP contribution in [0.5, 0.6) is 0 Å². The molecule has 1 saturated carbocycles. The van der Waals surface area contributed by atoms with E-state index in [-0.39, 0.29) is 5.91 Å². The van der Waals surface area contributed by atoms with Crippen LogP contribution in [-0.4, -0.2) is 18.5 Å². The summed E-state index contributed by atoms with van der Waals surface area (Å²) in [5.74, 6) is 2.30. The van der Waals surface area contributed by atoms with E-state index in [4.69, 9.17) is 0 Å². The second-order valence-corrected chi connectivity index (χ2v) is 6.31. The van der Waals surface area contributed by atoms with Crippen LogP contribution in [0, 0.1) is 17.8 Å². The van der Waals surface area contributed by atoms with Crippen LogP contribution in [0.3, 0.4) is 0 Å². The summed E-state index contributed by atoms with van der Waals surface area (Å²) in [5.41, 5.74) is 1.82. The maximum absolute atomic E-state index is 11.7. The Bertz CT molecular complexity index is 535. The normalized spacial score (nSPS) is 27.6. The van der Waals surface area contributed by atoms with E-state index in [1.54, 1.807) is 0 Å². The van der Waals surface area contributed by atoms with Gasteiger partial charge in [0.15, 0.2) is 0 Å². The Balaban J connectivity index is 1.60. The van der Waals surface area contributed by atoms with Crippen molar-refractivity contribution in [3.8, 4) is 0 Å². The molecule has 4 unspecified atom stereocenters. The second-order valence-electron chi connectivity index (χ2n) is 6.31. The summed E-state index contributed by atoms with van der Waals surface area (Å²) in [6.07, 6.45) is 7.43. The number of carbonyl (C=O) groups is 1. The summed E-state index contributed by atoms with van der Waals surface area (Å²) < 4.78 is 0. The van der Waals surface area contributed by atoms with Gasteiger partial charge in [0, 0.05) is 23.8 Å². The van der Waals surface area contributed by atoms with Gasteiger partial charge in [-0.2, -0.15) is 0 Å². The Morgan fingerprint density at radius 2 is 2.00 bits per heavy atom. The molecule has 0 radical (unpaired) electrons. The number of carbonyl (C=O) groups excluding carboxylic acids is 1. The van der Waals surface area contributed by atoms with Crippen molar-refractivity contribution in [3.05, 3.63) is 42.0 Å². The summed E-state index contributed by atoms with van der Waals surface area (Å²) in [6.45, 7) is 4.86. The van der Waals surface area contributed by atoms with Crippen LogP contribution in [0.15, 0.2) is 36.4 Å². The van der Waals surface area contributed by atoms with Gasteiger partial charge in [0.05, 0.1) is 0 Å². The molecular formula is C18H24N2O. The third-order valence-corrected chi connectivity index (χ3v) is 4.85. The molecule has 0 heterocycles. The van der Waals surface area contributed by atoms with E-state index in [0.29, 0.717) is 12.6 Å². The summed E-state index contributed by atoms with van der Waals surface area (Å²) in [6, 6.07) is 8.26. The molecule has 2 bridgehead atoms. The smallest absolute Gasteiger partial charge is 0.251 e. The maximum atomic E-state index is 11.7. The number of fused-ring (bicyclic) bond motifs is 2. The van der Waals surface area contributed by atoms with Crippen LogP contribution < -0.4 is 10.6 Å². The lowest BCUT2D eigenvalue weighted by molar-refractivity contribution is 0.0956. The topological polar surface area (TPSA) is 41.1 Å². The van der Waals surface area contributed by atoms with E-state index in [2.05, 4.69) is 29.7 Å². The van der Waals surface area contributed by atoms with E-state index < -0.39 is 0 Å². The van der Waals surface area contributed by atoms with E-state index in [0.717, 1.165) is 29.0 Å². The van der Waals surface area contributed by atoms with Crippen molar-refractivity contribution in [1.29, 1.82) is 0 Å². The predicted octanol–water partition coefficient (Wildman–Crippen LogP) is 3.45. The van der Waals surface area contributed by atoms with Gasteiger partial charge in [0.1, 0.15) is 0 Å². The highest BCUT2D eigenvalue weighted by Gasteiger charge is 2.38. The monoisotopic (exact) mass is 284 g/mol. The number of allylic oxidation sites excluding steroid dienone is 2. The summed E-state index contributed by atoms with van der Waals surface area (Å²) >= 11 is 0. The molecule has 1 aromatic carbocycles. The zero-order chi connectivity index (χ0) is 14.8. The molecule has 4 atom stereocenters. The molecule has 0 aromatic heterocycles. The number of rotatable bonds is 5. The average molecular weight is 284 g/mol. The van der Waals surface area contributed by atoms with Crippen molar-refractivity contribution in [2.45, 2.75) is 32.7 Å². The van der Waals surface area contributed by atoms with Gasteiger partial charge in [-0.15, -0.1) is 0 Å². The first kappa shape index (κ1) is 14.2. The predicted molar refractivity (Wildman–Crippen MR) is 86.4 cm³/mol. The second kappa shape index (κ2) is 5.92. The van der Waals surface area contributed by atoms with Crippen LogP contribution >= 0.6 is 0 Å². The molecule has 0 spiro atoms. The molecule has 112 valence electrons. The zero-order valence-electron chi connectivity index (χ0n) is 12.8. The quantitative estimate of drug-likeness (QED) is 0.813. The van der Waals surface area contributed by atoms with Crippen LogP contribution in [0.4, 0.5) is 5.69 Å². The Labute approximate surface area is 126 Å². The SMILES string of the molecule is CCNC(=O)c1ccc(NC(C)C2CC3C=CC2C3)cc1. The fourth-order valence-electron chi connectivity index (χ4n) is 3.75. The van der Waals surface area contributed by atoms with Crippen molar-refractivity contribution >= 4 is 11.6 Å². The van der Waals surface area contributed by atoms with Gasteiger partial charge in [-0.25, -0.2) is 0 Å². The highest BCUT2D eigenvalue weighted by Crippen LogP contribution is 2.45. The van der Waals surface area contributed by atoms with E-state index in [9.17, 15) is 4.79 Å². The Hall–Kier alpha value is -1.77. The molecular weight excluding hydrogens is 260 g/mol. The van der Waals surface area contributed by atoms with E-state index in [1.807, 2.05) is 31.2 Å². The van der Waals surface area contributed by atoms with Crippen molar-refractivity contribution in [2.24, 2.45) is 17.8 Å². The first-order chi connectivity index (χ1) is 10.2. The van der Waals surface area contributed by atoms with Crippen LogP contribution in [0.2, 0.25) is 0 Å². The van der Waals surface area contributed by atoms with Gasteiger partial charge in [0.25, 0.3) is 5.91 Å². The summed E-state index contributed by atoms with van der Waals surface area (Å²) in [5, 5.41) is 6.42. The lowest BCUT2D eigenvalue weighted by Crippen LogP contribution is -2.28. The number of hydrogen-bond acceptors (Lipinski definition) is 2. The lowest BCUT2D eigenvalue weighted by Gasteiger charge is -2.27. The van der Waals surface area contributed by atoms with Crippen LogP contribution in [-0.2, 0) is 0 Å². The van der Waals surface area contributed by atoms with Gasteiger partial charge >= 0.3 is 0 Å². The van der Waals surface area contributed by atoms with E-state index in [1.165, 1.54) is 12.8 Å². The molecule has 1 amide bonds. The maximum Gasteiger partial charge on any atom is 0.251 e. The number of benzene rings is 1. The Kier molecular flexibility index (Phi) is 4.00. The van der Waals surface area contributed by atoms with Gasteiger partial charge in [-0.05, 0) is 68.7 Å².